The van der Waals surface area contributed by atoms with Gasteiger partial charge in [0.1, 0.15) is 11.6 Å². The van der Waals surface area contributed by atoms with Crippen molar-refractivity contribution >= 4 is 17.6 Å². The van der Waals surface area contributed by atoms with Gasteiger partial charge in [-0.15, -0.1) is 0 Å². The minimum absolute atomic E-state index is 0.0199. The Hall–Kier alpha value is -4.17. The zero-order valence-electron chi connectivity index (χ0n) is 25.6. The lowest BCUT2D eigenvalue weighted by molar-refractivity contribution is -0.129. The monoisotopic (exact) mass is 597 g/mol. The van der Waals surface area contributed by atoms with Gasteiger partial charge < -0.3 is 20.1 Å². The minimum atomic E-state index is -1.02. The maximum Gasteiger partial charge on any atom is 0.408 e. The van der Waals surface area contributed by atoms with Gasteiger partial charge in [0.2, 0.25) is 0 Å². The molecule has 2 heterocycles. The first-order valence-corrected chi connectivity index (χ1v) is 15.5. The predicted molar refractivity (Wildman–Crippen MR) is 168 cm³/mol. The van der Waals surface area contributed by atoms with E-state index in [-0.39, 0.29) is 30.4 Å². The molecule has 1 saturated carbocycles. The van der Waals surface area contributed by atoms with Crippen LogP contribution in [0.4, 0.5) is 9.18 Å². The van der Waals surface area contributed by atoms with Gasteiger partial charge in [-0.3, -0.25) is 9.69 Å². The summed E-state index contributed by atoms with van der Waals surface area (Å²) in [5.41, 5.74) is 7.38. The highest BCUT2D eigenvalue weighted by Gasteiger charge is 2.46. The molecule has 2 amide bonds. The Morgan fingerprint density at radius 1 is 1.00 bits per heavy atom. The largest absolute Gasteiger partial charge is 0.493 e. The molecule has 2 N–H and O–H groups in total. The van der Waals surface area contributed by atoms with Gasteiger partial charge in [0.15, 0.2) is 0 Å². The highest BCUT2D eigenvalue weighted by molar-refractivity contribution is 6.04. The molecule has 8 heteroatoms. The van der Waals surface area contributed by atoms with Crippen LogP contribution in [0.15, 0.2) is 66.2 Å². The number of fused-ring (bicyclic) bond motifs is 2. The fourth-order valence-corrected chi connectivity index (χ4v) is 6.64. The molecule has 2 aliphatic heterocycles. The lowest BCUT2D eigenvalue weighted by Crippen LogP contribution is -2.63. The number of carboxylic acid groups (broad SMARTS) is 1. The van der Waals surface area contributed by atoms with Crippen LogP contribution >= 0.6 is 0 Å². The van der Waals surface area contributed by atoms with E-state index >= 15 is 0 Å². The summed E-state index contributed by atoms with van der Waals surface area (Å²) in [6, 6.07) is 18.1. The van der Waals surface area contributed by atoms with E-state index in [1.807, 2.05) is 12.1 Å². The van der Waals surface area contributed by atoms with E-state index in [9.17, 15) is 19.1 Å². The van der Waals surface area contributed by atoms with Crippen LogP contribution in [-0.2, 0) is 17.8 Å². The van der Waals surface area contributed by atoms with Crippen molar-refractivity contribution < 1.29 is 23.8 Å². The van der Waals surface area contributed by atoms with Crippen molar-refractivity contribution in [3.05, 3.63) is 105 Å². The van der Waals surface area contributed by atoms with Gasteiger partial charge in [-0.25, -0.2) is 9.18 Å². The molecule has 0 radical (unpaired) electrons. The average Bonchev–Trinajstić information content (AvgIpc) is 3.85. The quantitative estimate of drug-likeness (QED) is 0.314. The first-order valence-electron chi connectivity index (χ1n) is 15.5. The molecule has 0 aromatic heterocycles. The number of nitrogens with one attached hydrogen (secondary N) is 1. The number of carbonyl (C=O) groups excluding carboxylic acids is 1. The molecule has 7 nitrogen and oxygen atoms in total. The average molecular weight is 598 g/mol. The maximum atomic E-state index is 14.7. The van der Waals surface area contributed by atoms with E-state index in [4.69, 9.17) is 4.74 Å². The molecule has 2 bridgehead atoms. The van der Waals surface area contributed by atoms with Crippen LogP contribution in [0.3, 0.4) is 0 Å². The Balaban J connectivity index is 1.29. The Kier molecular flexibility index (Phi) is 8.45. The maximum absolute atomic E-state index is 14.7. The normalized spacial score (nSPS) is 19.6. The zero-order valence-corrected chi connectivity index (χ0v) is 25.6. The van der Waals surface area contributed by atoms with Gasteiger partial charge in [0.25, 0.3) is 5.91 Å². The van der Waals surface area contributed by atoms with Crippen molar-refractivity contribution in [2.24, 2.45) is 0 Å². The van der Waals surface area contributed by atoms with Crippen molar-refractivity contribution in [1.82, 2.24) is 15.1 Å². The summed E-state index contributed by atoms with van der Waals surface area (Å²) in [7, 11) is 0. The number of rotatable bonds is 9. The summed E-state index contributed by atoms with van der Waals surface area (Å²) in [4.78, 5) is 30.1. The van der Waals surface area contributed by atoms with E-state index in [0.717, 1.165) is 52.8 Å². The molecule has 1 aliphatic carbocycles. The number of ether oxygens (including phenoxy) is 1. The van der Waals surface area contributed by atoms with E-state index in [1.165, 1.54) is 16.5 Å². The smallest absolute Gasteiger partial charge is 0.408 e. The van der Waals surface area contributed by atoms with E-state index < -0.39 is 12.1 Å². The molecule has 3 aliphatic rings. The van der Waals surface area contributed by atoms with Gasteiger partial charge >= 0.3 is 6.09 Å². The summed E-state index contributed by atoms with van der Waals surface area (Å²) < 4.78 is 20.9. The molecule has 230 valence electrons. The third-order valence-electron chi connectivity index (χ3n) is 9.36. The van der Waals surface area contributed by atoms with Crippen LogP contribution in [-0.4, -0.2) is 64.7 Å². The number of hydrogen-bond donors (Lipinski definition) is 2. The van der Waals surface area contributed by atoms with Gasteiger partial charge in [0, 0.05) is 43.2 Å². The molecule has 3 aromatic rings. The molecule has 2 atom stereocenters. The van der Waals surface area contributed by atoms with Crippen LogP contribution in [0.1, 0.15) is 52.6 Å². The zero-order chi connectivity index (χ0) is 31.0. The molecule has 1 saturated heterocycles. The highest BCUT2D eigenvalue weighted by Crippen LogP contribution is 2.40. The standard InChI is InChI=1S/C36H40FN3O4/c1-22-8-9-23(2)34(24(22)3)44-17-16-25-10-12-26(13-11-25)30-18-29-19-38-20-32(40(29)36(42)43)33(30)35(41)39(28-14-15-28)21-27-6-4-5-7-31(27)37/h4-13,28-29,32,38H,14-21H2,1-3H3,(H,42,43)/t29-,32-/m1/s1. The minimum Gasteiger partial charge on any atom is -0.493 e. The molecule has 3 aromatic carbocycles. The lowest BCUT2D eigenvalue weighted by atomic mass is 9.81. The number of nitrogens with zero attached hydrogens (tertiary/aromatic N) is 2. The SMILES string of the molecule is Cc1ccc(C)c(OCCc2ccc(C3=C(C(=O)N(Cc4ccccc4F)C4CC4)[C@H]4CNC[C@@H](C3)N4C(=O)O)cc2)c1C. The summed E-state index contributed by atoms with van der Waals surface area (Å²) >= 11 is 0. The number of carbonyl (C=O) groups is 2. The lowest BCUT2D eigenvalue weighted by Gasteiger charge is -2.47. The fraction of sp³-hybridized carbons (Fsp3) is 0.389. The van der Waals surface area contributed by atoms with Gasteiger partial charge in [0.05, 0.1) is 18.7 Å². The molecule has 0 unspecified atom stereocenters. The Morgan fingerprint density at radius 3 is 2.43 bits per heavy atom. The fourth-order valence-electron chi connectivity index (χ4n) is 6.64. The van der Waals surface area contributed by atoms with Gasteiger partial charge in [-0.05, 0) is 79.5 Å². The molecule has 0 spiro atoms. The van der Waals surface area contributed by atoms with Crippen LogP contribution in [0, 0.1) is 26.6 Å². The Morgan fingerprint density at radius 2 is 1.73 bits per heavy atom. The number of aryl methyl sites for hydroxylation is 2. The Labute approximate surface area is 258 Å². The van der Waals surface area contributed by atoms with Gasteiger partial charge in [-0.1, -0.05) is 54.6 Å². The second-order valence-corrected chi connectivity index (χ2v) is 12.3. The first kappa shape index (κ1) is 29.9. The van der Waals surface area contributed by atoms with Crippen molar-refractivity contribution in [1.29, 1.82) is 0 Å². The van der Waals surface area contributed by atoms with Crippen LogP contribution in [0.2, 0.25) is 0 Å². The summed E-state index contributed by atoms with van der Waals surface area (Å²) in [6.07, 6.45) is 1.86. The second-order valence-electron chi connectivity index (χ2n) is 12.3. The number of hydrogen-bond acceptors (Lipinski definition) is 4. The topological polar surface area (TPSA) is 82.1 Å². The Bertz CT molecular complexity index is 1600. The van der Waals surface area contributed by atoms with Crippen LogP contribution in [0.5, 0.6) is 5.75 Å². The second kappa shape index (κ2) is 12.4. The predicted octanol–water partition coefficient (Wildman–Crippen LogP) is 6.04. The van der Waals surface area contributed by atoms with Crippen molar-refractivity contribution in [2.75, 3.05) is 19.7 Å². The first-order chi connectivity index (χ1) is 21.2. The molecule has 2 fully saturated rings. The van der Waals surface area contributed by atoms with E-state index in [2.05, 4.69) is 50.4 Å². The molecule has 44 heavy (non-hydrogen) atoms. The van der Waals surface area contributed by atoms with Crippen molar-refractivity contribution in [3.8, 4) is 5.75 Å². The number of amides is 2. The van der Waals surface area contributed by atoms with Crippen molar-refractivity contribution in [2.45, 2.75) is 71.1 Å². The third-order valence-corrected chi connectivity index (χ3v) is 9.36. The number of halogens is 1. The van der Waals surface area contributed by atoms with Crippen molar-refractivity contribution in [3.63, 3.8) is 0 Å². The molecular formula is C36H40FN3O4. The van der Waals surface area contributed by atoms with E-state index in [1.54, 1.807) is 23.1 Å². The number of piperazine rings is 1. The highest BCUT2D eigenvalue weighted by atomic mass is 19.1. The number of benzene rings is 3. The van der Waals surface area contributed by atoms with Crippen LogP contribution < -0.4 is 10.1 Å². The van der Waals surface area contributed by atoms with Gasteiger partial charge in [-0.2, -0.15) is 0 Å². The molecule has 6 rings (SSSR count). The summed E-state index contributed by atoms with van der Waals surface area (Å²) in [5, 5.41) is 13.5. The van der Waals surface area contributed by atoms with E-state index in [0.29, 0.717) is 37.3 Å². The third kappa shape index (κ3) is 5.95. The molecular weight excluding hydrogens is 557 g/mol. The van der Waals surface area contributed by atoms with Crippen LogP contribution in [0.25, 0.3) is 5.57 Å². The summed E-state index contributed by atoms with van der Waals surface area (Å²) in [6.45, 7) is 7.82. The summed E-state index contributed by atoms with van der Waals surface area (Å²) in [5.74, 6) is 0.393.